The molecule has 2 heterocycles. The van der Waals surface area contributed by atoms with E-state index in [1.54, 1.807) is 29.2 Å². The molecule has 0 bridgehead atoms. The van der Waals surface area contributed by atoms with Gasteiger partial charge in [0.25, 0.3) is 0 Å². The van der Waals surface area contributed by atoms with Gasteiger partial charge in [-0.2, -0.15) is 5.10 Å². The molecule has 2 N–H and O–H groups in total. The second kappa shape index (κ2) is 6.24. The van der Waals surface area contributed by atoms with E-state index in [2.05, 4.69) is 20.7 Å². The lowest BCUT2D eigenvalue weighted by atomic mass is 10.0. The first-order valence-corrected chi connectivity index (χ1v) is 7.30. The van der Waals surface area contributed by atoms with E-state index in [0.29, 0.717) is 10.7 Å². The topological polar surface area (TPSA) is 71.8 Å². The van der Waals surface area contributed by atoms with E-state index in [4.69, 9.17) is 11.6 Å². The molecule has 0 spiro atoms. The Morgan fingerprint density at radius 1 is 1.43 bits per heavy atom. The number of benzene rings is 1. The molecule has 1 fully saturated rings. The van der Waals surface area contributed by atoms with Crippen LogP contribution < -0.4 is 10.6 Å². The molecule has 0 radical (unpaired) electrons. The third-order valence-corrected chi connectivity index (χ3v) is 3.74. The number of nitrogens with one attached hydrogen (secondary N) is 2. The van der Waals surface area contributed by atoms with Gasteiger partial charge >= 0.3 is 0 Å². The summed E-state index contributed by atoms with van der Waals surface area (Å²) in [6.07, 6.45) is 6.06. The van der Waals surface area contributed by atoms with Gasteiger partial charge in [0.2, 0.25) is 5.91 Å². The molecule has 1 aliphatic rings. The molecular weight excluding hydrogens is 290 g/mol. The van der Waals surface area contributed by atoms with Crippen LogP contribution in [0.1, 0.15) is 19.3 Å². The van der Waals surface area contributed by atoms with Gasteiger partial charge in [-0.3, -0.25) is 4.79 Å². The van der Waals surface area contributed by atoms with Crippen LogP contribution in [0.3, 0.4) is 0 Å². The van der Waals surface area contributed by atoms with Crippen molar-refractivity contribution >= 4 is 23.2 Å². The summed E-state index contributed by atoms with van der Waals surface area (Å²) in [7, 11) is 0. The van der Waals surface area contributed by atoms with E-state index in [1.807, 2.05) is 0 Å². The first-order chi connectivity index (χ1) is 10.2. The number of hydrogen-bond acceptors (Lipinski definition) is 4. The van der Waals surface area contributed by atoms with Crippen LogP contribution in [-0.2, 0) is 4.79 Å². The average Bonchev–Trinajstić information content (AvgIpc) is 3.02. The Morgan fingerprint density at radius 3 is 3.05 bits per heavy atom. The standard InChI is InChI=1S/C14H16ClN5O/c15-10-4-5-13(20-9-16-8-18-20)12(7-10)19-14(21)11-3-1-2-6-17-11/h4-5,7-9,11,17H,1-3,6H2,(H,19,21)/t11-/m0/s1. The van der Waals surface area contributed by atoms with Crippen molar-refractivity contribution in [3.05, 3.63) is 35.9 Å². The highest BCUT2D eigenvalue weighted by Gasteiger charge is 2.21. The van der Waals surface area contributed by atoms with E-state index in [-0.39, 0.29) is 11.9 Å². The van der Waals surface area contributed by atoms with Gasteiger partial charge < -0.3 is 10.6 Å². The number of halogens is 1. The van der Waals surface area contributed by atoms with Crippen LogP contribution in [0.5, 0.6) is 0 Å². The Morgan fingerprint density at radius 2 is 2.33 bits per heavy atom. The third kappa shape index (κ3) is 3.22. The van der Waals surface area contributed by atoms with E-state index in [1.165, 1.54) is 6.33 Å². The molecule has 0 unspecified atom stereocenters. The second-order valence-corrected chi connectivity index (χ2v) is 5.43. The molecule has 7 heteroatoms. The van der Waals surface area contributed by atoms with Gasteiger partial charge in [0.15, 0.2) is 0 Å². The van der Waals surface area contributed by atoms with Crippen LogP contribution in [0.4, 0.5) is 5.69 Å². The summed E-state index contributed by atoms with van der Waals surface area (Å²) in [4.78, 5) is 16.3. The molecule has 6 nitrogen and oxygen atoms in total. The molecule has 1 atom stereocenters. The maximum atomic E-state index is 12.3. The van der Waals surface area contributed by atoms with E-state index < -0.39 is 0 Å². The number of piperidine rings is 1. The molecule has 1 aliphatic heterocycles. The number of amides is 1. The van der Waals surface area contributed by atoms with Crippen molar-refractivity contribution in [2.75, 3.05) is 11.9 Å². The van der Waals surface area contributed by atoms with Crippen molar-refractivity contribution in [1.29, 1.82) is 0 Å². The number of hydrogen-bond donors (Lipinski definition) is 2. The van der Waals surface area contributed by atoms with Gasteiger partial charge in [-0.1, -0.05) is 18.0 Å². The molecule has 1 aromatic carbocycles. The number of carbonyl (C=O) groups is 1. The first-order valence-electron chi connectivity index (χ1n) is 6.93. The molecule has 110 valence electrons. The molecule has 1 saturated heterocycles. The zero-order valence-corrected chi connectivity index (χ0v) is 12.2. The van der Waals surface area contributed by atoms with Crippen molar-refractivity contribution in [3.63, 3.8) is 0 Å². The summed E-state index contributed by atoms with van der Waals surface area (Å²) in [5.74, 6) is -0.0432. The monoisotopic (exact) mass is 305 g/mol. The zero-order chi connectivity index (χ0) is 14.7. The Bertz CT molecular complexity index is 622. The maximum Gasteiger partial charge on any atom is 0.241 e. The van der Waals surface area contributed by atoms with Gasteiger partial charge in [-0.15, -0.1) is 0 Å². The number of rotatable bonds is 3. The van der Waals surface area contributed by atoms with Crippen LogP contribution in [0.25, 0.3) is 5.69 Å². The summed E-state index contributed by atoms with van der Waals surface area (Å²) in [5.41, 5.74) is 1.37. The molecule has 1 aromatic heterocycles. The van der Waals surface area contributed by atoms with Gasteiger partial charge in [0.1, 0.15) is 12.7 Å². The average molecular weight is 306 g/mol. The van der Waals surface area contributed by atoms with Crippen molar-refractivity contribution in [2.24, 2.45) is 0 Å². The highest BCUT2D eigenvalue weighted by atomic mass is 35.5. The quantitative estimate of drug-likeness (QED) is 0.910. The van der Waals surface area contributed by atoms with E-state index >= 15 is 0 Å². The van der Waals surface area contributed by atoms with Crippen molar-refractivity contribution in [1.82, 2.24) is 20.1 Å². The zero-order valence-electron chi connectivity index (χ0n) is 11.4. The fourth-order valence-electron chi connectivity index (χ4n) is 2.44. The maximum absolute atomic E-state index is 12.3. The summed E-state index contributed by atoms with van der Waals surface area (Å²) in [6.45, 7) is 0.879. The van der Waals surface area contributed by atoms with Gasteiger partial charge in [-0.25, -0.2) is 9.67 Å². The minimum Gasteiger partial charge on any atom is -0.323 e. The summed E-state index contributed by atoms with van der Waals surface area (Å²) >= 11 is 6.04. The van der Waals surface area contributed by atoms with Gasteiger partial charge in [0, 0.05) is 5.02 Å². The Balaban J connectivity index is 1.84. The molecule has 21 heavy (non-hydrogen) atoms. The smallest absolute Gasteiger partial charge is 0.241 e. The minimum absolute atomic E-state index is 0.0432. The predicted octanol–water partition coefficient (Wildman–Crippen LogP) is 2.00. The van der Waals surface area contributed by atoms with E-state index in [0.717, 1.165) is 31.5 Å². The van der Waals surface area contributed by atoms with Gasteiger partial charge in [-0.05, 0) is 37.6 Å². The molecule has 0 saturated carbocycles. The Hall–Kier alpha value is -1.92. The van der Waals surface area contributed by atoms with Crippen LogP contribution in [0, 0.1) is 0 Å². The fourth-order valence-corrected chi connectivity index (χ4v) is 2.61. The Labute approximate surface area is 127 Å². The second-order valence-electron chi connectivity index (χ2n) is 4.99. The van der Waals surface area contributed by atoms with Crippen LogP contribution in [0.15, 0.2) is 30.9 Å². The van der Waals surface area contributed by atoms with Crippen LogP contribution in [-0.4, -0.2) is 33.3 Å². The lowest BCUT2D eigenvalue weighted by molar-refractivity contribution is -0.118. The van der Waals surface area contributed by atoms with Gasteiger partial charge in [0.05, 0.1) is 17.4 Å². The van der Waals surface area contributed by atoms with Crippen molar-refractivity contribution in [3.8, 4) is 5.69 Å². The lowest BCUT2D eigenvalue weighted by Gasteiger charge is -2.23. The minimum atomic E-state index is -0.152. The first kappa shape index (κ1) is 14.0. The third-order valence-electron chi connectivity index (χ3n) is 3.51. The molecule has 3 rings (SSSR count). The predicted molar refractivity (Wildman–Crippen MR) is 80.6 cm³/mol. The normalized spacial score (nSPS) is 18.4. The number of nitrogens with zero attached hydrogens (tertiary/aromatic N) is 3. The SMILES string of the molecule is O=C(Nc1cc(Cl)ccc1-n1cncn1)[C@@H]1CCCCN1. The fraction of sp³-hybridized carbons (Fsp3) is 0.357. The van der Waals surface area contributed by atoms with Crippen molar-refractivity contribution < 1.29 is 4.79 Å². The Kier molecular flexibility index (Phi) is 4.17. The summed E-state index contributed by atoms with van der Waals surface area (Å²) in [6, 6.07) is 5.13. The highest BCUT2D eigenvalue weighted by molar-refractivity contribution is 6.31. The molecular formula is C14H16ClN5O. The lowest BCUT2D eigenvalue weighted by Crippen LogP contribution is -2.43. The molecule has 0 aliphatic carbocycles. The highest BCUT2D eigenvalue weighted by Crippen LogP contribution is 2.24. The van der Waals surface area contributed by atoms with Crippen molar-refractivity contribution in [2.45, 2.75) is 25.3 Å². The van der Waals surface area contributed by atoms with Crippen LogP contribution in [0.2, 0.25) is 5.02 Å². The molecule has 2 aromatic rings. The number of aromatic nitrogens is 3. The van der Waals surface area contributed by atoms with Crippen LogP contribution >= 0.6 is 11.6 Å². The number of anilines is 1. The largest absolute Gasteiger partial charge is 0.323 e. The summed E-state index contributed by atoms with van der Waals surface area (Å²) in [5, 5.41) is 10.8. The van der Waals surface area contributed by atoms with E-state index in [9.17, 15) is 4.79 Å². The molecule has 1 amide bonds. The summed E-state index contributed by atoms with van der Waals surface area (Å²) < 4.78 is 1.60. The number of carbonyl (C=O) groups excluding carboxylic acids is 1.